The Labute approximate surface area is 175 Å². The third kappa shape index (κ3) is 4.98. The first-order chi connectivity index (χ1) is 14.1. The summed E-state index contributed by atoms with van der Waals surface area (Å²) in [7, 11) is -1.18. The predicted octanol–water partition coefficient (Wildman–Crippen LogP) is 3.99. The number of furan rings is 1. The summed E-state index contributed by atoms with van der Waals surface area (Å²) in [6, 6.07) is 11.9. The highest BCUT2D eigenvalue weighted by Crippen LogP contribution is 2.24. The zero-order chi connectivity index (χ0) is 20.2. The van der Waals surface area contributed by atoms with Crippen LogP contribution in [0.4, 0.5) is 0 Å². The second-order valence-corrected chi connectivity index (χ2v) is 9.64. The van der Waals surface area contributed by atoms with E-state index in [1.165, 1.54) is 32.1 Å². The van der Waals surface area contributed by atoms with Gasteiger partial charge >= 0.3 is 0 Å². The van der Waals surface area contributed by atoms with Gasteiger partial charge in [-0.15, -0.1) is 0 Å². The summed E-state index contributed by atoms with van der Waals surface area (Å²) in [6.07, 6.45) is 6.64. The Morgan fingerprint density at radius 2 is 1.69 bits per heavy atom. The molecule has 2 aliphatic rings. The number of piperazine rings is 1. The van der Waals surface area contributed by atoms with Gasteiger partial charge in [-0.2, -0.15) is 0 Å². The molecule has 1 aliphatic heterocycles. The van der Waals surface area contributed by atoms with Crippen molar-refractivity contribution in [1.29, 1.82) is 0 Å². The molecule has 0 radical (unpaired) electrons. The molecule has 5 nitrogen and oxygen atoms in total. The van der Waals surface area contributed by atoms with Crippen LogP contribution in [0, 0.1) is 6.92 Å². The number of amides is 1. The van der Waals surface area contributed by atoms with E-state index >= 15 is 0 Å². The molecule has 1 aromatic heterocycles. The maximum absolute atomic E-state index is 12.8. The van der Waals surface area contributed by atoms with Crippen LogP contribution in [-0.2, 0) is 16.6 Å². The van der Waals surface area contributed by atoms with Crippen molar-refractivity contribution in [2.45, 2.75) is 55.7 Å². The highest BCUT2D eigenvalue weighted by molar-refractivity contribution is 7.84. The summed E-state index contributed by atoms with van der Waals surface area (Å²) in [5.41, 5.74) is 1.14. The van der Waals surface area contributed by atoms with E-state index in [9.17, 15) is 9.00 Å². The Bertz CT molecular complexity index is 847. The molecule has 2 heterocycles. The number of rotatable bonds is 5. The van der Waals surface area contributed by atoms with Crippen molar-refractivity contribution >= 4 is 16.7 Å². The average Bonchev–Trinajstić information content (AvgIpc) is 3.23. The van der Waals surface area contributed by atoms with Crippen LogP contribution in [0.25, 0.3) is 0 Å². The van der Waals surface area contributed by atoms with Crippen molar-refractivity contribution in [3.63, 3.8) is 0 Å². The van der Waals surface area contributed by atoms with Gasteiger partial charge in [0.1, 0.15) is 5.76 Å². The molecule has 4 rings (SSSR count). The summed E-state index contributed by atoms with van der Waals surface area (Å²) < 4.78 is 18.3. The lowest BCUT2D eigenvalue weighted by atomic mass is 9.94. The molecular formula is C23H30N2O3S. The van der Waals surface area contributed by atoms with Gasteiger partial charge in [-0.3, -0.25) is 13.9 Å². The van der Waals surface area contributed by atoms with Gasteiger partial charge in [-0.1, -0.05) is 37.0 Å². The van der Waals surface area contributed by atoms with Crippen LogP contribution in [0.2, 0.25) is 0 Å². The molecule has 0 unspecified atom stereocenters. The van der Waals surface area contributed by atoms with Gasteiger partial charge in [0.15, 0.2) is 5.76 Å². The first-order valence-electron chi connectivity index (χ1n) is 10.7. The zero-order valence-corrected chi connectivity index (χ0v) is 18.0. The van der Waals surface area contributed by atoms with Crippen molar-refractivity contribution in [2.24, 2.45) is 0 Å². The maximum atomic E-state index is 12.8. The molecule has 1 saturated carbocycles. The monoisotopic (exact) mass is 414 g/mol. The van der Waals surface area contributed by atoms with Crippen LogP contribution in [-0.4, -0.2) is 52.1 Å². The molecule has 1 saturated heterocycles. The smallest absolute Gasteiger partial charge is 0.289 e. The number of hydrogen-bond donors (Lipinski definition) is 0. The van der Waals surface area contributed by atoms with Gasteiger partial charge in [-0.25, -0.2) is 0 Å². The number of carbonyl (C=O) groups is 1. The van der Waals surface area contributed by atoms with Crippen molar-refractivity contribution in [3.05, 3.63) is 53.5 Å². The predicted molar refractivity (Wildman–Crippen MR) is 114 cm³/mol. The molecule has 0 bridgehead atoms. The molecular weight excluding hydrogens is 384 g/mol. The van der Waals surface area contributed by atoms with E-state index in [1.807, 2.05) is 36.1 Å². The van der Waals surface area contributed by atoms with E-state index in [-0.39, 0.29) is 11.7 Å². The van der Waals surface area contributed by atoms with Crippen molar-refractivity contribution in [3.8, 4) is 0 Å². The van der Waals surface area contributed by atoms with Crippen LogP contribution in [0.3, 0.4) is 0 Å². The highest BCUT2D eigenvalue weighted by Gasteiger charge is 2.28. The molecule has 2 fully saturated rings. The Hall–Kier alpha value is -1.92. The van der Waals surface area contributed by atoms with E-state index < -0.39 is 10.8 Å². The fourth-order valence-electron chi connectivity index (χ4n) is 4.37. The van der Waals surface area contributed by atoms with Crippen LogP contribution >= 0.6 is 0 Å². The summed E-state index contributed by atoms with van der Waals surface area (Å²) >= 11 is 0. The van der Waals surface area contributed by atoms with Crippen molar-refractivity contribution in [1.82, 2.24) is 9.80 Å². The van der Waals surface area contributed by atoms with Crippen LogP contribution in [0.1, 0.15) is 54.0 Å². The van der Waals surface area contributed by atoms with Crippen LogP contribution in [0.15, 0.2) is 45.7 Å². The molecule has 1 aliphatic carbocycles. The summed E-state index contributed by atoms with van der Waals surface area (Å²) in [5.74, 6) is 1.17. The van der Waals surface area contributed by atoms with E-state index in [0.29, 0.717) is 17.6 Å². The Morgan fingerprint density at radius 3 is 2.38 bits per heavy atom. The van der Waals surface area contributed by atoms with Gasteiger partial charge in [-0.05, 0) is 44.0 Å². The van der Waals surface area contributed by atoms with E-state index in [2.05, 4.69) is 4.90 Å². The fraction of sp³-hybridized carbons (Fsp3) is 0.522. The molecule has 6 heteroatoms. The number of carbonyl (C=O) groups excluding carboxylic acids is 1. The van der Waals surface area contributed by atoms with Gasteiger partial charge in [0.2, 0.25) is 0 Å². The van der Waals surface area contributed by atoms with Gasteiger partial charge < -0.3 is 9.32 Å². The average molecular weight is 415 g/mol. The molecule has 1 aromatic carbocycles. The summed E-state index contributed by atoms with van der Waals surface area (Å²) in [6.45, 7) is 5.40. The van der Waals surface area contributed by atoms with E-state index in [4.69, 9.17) is 4.42 Å². The second kappa shape index (κ2) is 9.26. The van der Waals surface area contributed by atoms with Crippen molar-refractivity contribution < 1.29 is 13.4 Å². The minimum atomic E-state index is -1.18. The summed E-state index contributed by atoms with van der Waals surface area (Å²) in [5, 5.41) is 0. The third-order valence-electron chi connectivity index (χ3n) is 6.12. The Kier molecular flexibility index (Phi) is 6.50. The topological polar surface area (TPSA) is 53.8 Å². The largest absolute Gasteiger partial charge is 0.455 e. The first-order valence-corrected chi connectivity index (χ1v) is 12.0. The third-order valence-corrected chi connectivity index (χ3v) is 7.47. The first kappa shape index (κ1) is 20.4. The number of hydrogen-bond acceptors (Lipinski definition) is 4. The van der Waals surface area contributed by atoms with Crippen LogP contribution < -0.4 is 0 Å². The number of benzene rings is 1. The molecule has 1 atom stereocenters. The summed E-state index contributed by atoms with van der Waals surface area (Å²) in [4.78, 5) is 18.0. The Morgan fingerprint density at radius 1 is 1.00 bits per heavy atom. The van der Waals surface area contributed by atoms with E-state index in [1.54, 1.807) is 12.1 Å². The van der Waals surface area contributed by atoms with E-state index in [0.717, 1.165) is 36.6 Å². The quantitative estimate of drug-likeness (QED) is 0.742. The molecule has 29 heavy (non-hydrogen) atoms. The maximum Gasteiger partial charge on any atom is 0.289 e. The highest BCUT2D eigenvalue weighted by atomic mass is 32.2. The number of nitrogens with zero attached hydrogens (tertiary/aromatic N) is 2. The lowest BCUT2D eigenvalue weighted by Gasteiger charge is -2.40. The lowest BCUT2D eigenvalue weighted by Crippen LogP contribution is -2.52. The Balaban J connectivity index is 1.31. The second-order valence-electron chi connectivity index (χ2n) is 8.19. The normalized spacial score (nSPS) is 20.0. The molecule has 0 spiro atoms. The van der Waals surface area contributed by atoms with Gasteiger partial charge in [0.05, 0.1) is 16.6 Å². The molecule has 0 N–H and O–H groups in total. The molecule has 1 amide bonds. The van der Waals surface area contributed by atoms with Crippen molar-refractivity contribution in [2.75, 3.05) is 26.2 Å². The fourth-order valence-corrected chi connectivity index (χ4v) is 5.39. The van der Waals surface area contributed by atoms with Crippen LogP contribution in [0.5, 0.6) is 0 Å². The lowest BCUT2D eigenvalue weighted by molar-refractivity contribution is 0.0496. The van der Waals surface area contributed by atoms with Gasteiger partial charge in [0, 0.05) is 37.1 Å². The number of aryl methyl sites for hydroxylation is 1. The minimum Gasteiger partial charge on any atom is -0.455 e. The molecule has 2 aromatic rings. The SMILES string of the molecule is Cc1ccc([S@@](=O)Cc2ccc(C(=O)N3CCN(C4CCCCC4)CC3)o2)cc1. The zero-order valence-electron chi connectivity index (χ0n) is 17.1. The standard InChI is InChI=1S/C23H30N2O3S/c1-18-7-10-21(11-8-18)29(27)17-20-9-12-22(28-20)23(26)25-15-13-24(14-16-25)19-5-3-2-4-6-19/h7-12,19H,2-6,13-17H2,1H3/t29-/m0/s1. The minimum absolute atomic E-state index is 0.0549. The van der Waals surface area contributed by atoms with Gasteiger partial charge in [0.25, 0.3) is 5.91 Å². The molecule has 156 valence electrons.